The van der Waals surface area contributed by atoms with Gasteiger partial charge in [0.1, 0.15) is 6.04 Å². The van der Waals surface area contributed by atoms with Crippen LogP contribution in [0.15, 0.2) is 18.2 Å². The highest BCUT2D eigenvalue weighted by Gasteiger charge is 2.39. The van der Waals surface area contributed by atoms with Crippen LogP contribution in [0.1, 0.15) is 35.7 Å². The molecular formula is C16H16IN3O4. The third-order valence-electron chi connectivity index (χ3n) is 4.25. The zero-order valence-corrected chi connectivity index (χ0v) is 15.1. The number of benzene rings is 1. The van der Waals surface area contributed by atoms with Crippen molar-refractivity contribution in [3.63, 3.8) is 0 Å². The SMILES string of the molecule is CC(Nc1ccc2c(c1)C(=O)N(C1CCC(=O)NC1=O)C2)C(=O)I. The third kappa shape index (κ3) is 3.14. The number of carbonyl (C=O) groups excluding carboxylic acids is 4. The lowest BCUT2D eigenvalue weighted by Crippen LogP contribution is -2.52. The molecule has 0 aliphatic carbocycles. The molecule has 0 bridgehead atoms. The molecular weight excluding hydrogens is 425 g/mol. The van der Waals surface area contributed by atoms with Gasteiger partial charge in [0.05, 0.1) is 6.04 Å². The fraction of sp³-hybridized carbons (Fsp3) is 0.375. The predicted molar refractivity (Wildman–Crippen MR) is 94.6 cm³/mol. The van der Waals surface area contributed by atoms with Crippen molar-refractivity contribution in [2.75, 3.05) is 5.32 Å². The molecule has 8 heteroatoms. The van der Waals surface area contributed by atoms with E-state index in [9.17, 15) is 19.2 Å². The standard InChI is InChI=1S/C16H16IN3O4/c1-8(14(17)22)18-10-3-2-9-7-20(16(24)11(9)6-10)12-4-5-13(21)19-15(12)23/h2-3,6,8,12,18H,4-5,7H2,1H3,(H,19,21,23). The Balaban J connectivity index is 1.79. The molecule has 0 saturated carbocycles. The van der Waals surface area contributed by atoms with Crippen molar-refractivity contribution in [1.82, 2.24) is 10.2 Å². The molecule has 24 heavy (non-hydrogen) atoms. The zero-order valence-electron chi connectivity index (χ0n) is 13.0. The van der Waals surface area contributed by atoms with Crippen LogP contribution in [0.4, 0.5) is 5.69 Å². The maximum absolute atomic E-state index is 12.7. The molecule has 0 radical (unpaired) electrons. The summed E-state index contributed by atoms with van der Waals surface area (Å²) in [4.78, 5) is 48.8. The van der Waals surface area contributed by atoms with Gasteiger partial charge in [0.25, 0.3) is 5.91 Å². The van der Waals surface area contributed by atoms with Crippen LogP contribution in [-0.4, -0.2) is 38.5 Å². The quantitative estimate of drug-likeness (QED) is 0.416. The van der Waals surface area contributed by atoms with E-state index < -0.39 is 11.9 Å². The van der Waals surface area contributed by atoms with Crippen molar-refractivity contribution in [3.8, 4) is 0 Å². The molecule has 2 aliphatic rings. The van der Waals surface area contributed by atoms with Gasteiger partial charge in [-0.2, -0.15) is 0 Å². The lowest BCUT2D eigenvalue weighted by atomic mass is 10.0. The van der Waals surface area contributed by atoms with Crippen molar-refractivity contribution in [1.29, 1.82) is 0 Å². The molecule has 1 aromatic carbocycles. The largest absolute Gasteiger partial charge is 0.375 e. The number of halogens is 1. The second-order valence-corrected chi connectivity index (χ2v) is 7.01. The van der Waals surface area contributed by atoms with Crippen molar-refractivity contribution in [3.05, 3.63) is 29.3 Å². The van der Waals surface area contributed by atoms with Crippen molar-refractivity contribution >= 4 is 49.8 Å². The van der Waals surface area contributed by atoms with Crippen LogP contribution in [-0.2, 0) is 20.9 Å². The summed E-state index contributed by atoms with van der Waals surface area (Å²) in [6.07, 6.45) is 0.578. The van der Waals surface area contributed by atoms with E-state index >= 15 is 0 Å². The summed E-state index contributed by atoms with van der Waals surface area (Å²) in [5.74, 6) is -0.948. The lowest BCUT2D eigenvalue weighted by molar-refractivity contribution is -0.136. The van der Waals surface area contributed by atoms with E-state index in [1.165, 1.54) is 4.90 Å². The Labute approximate surface area is 152 Å². The first-order chi connectivity index (χ1) is 11.4. The Kier molecular flexibility index (Phi) is 4.57. The molecule has 2 N–H and O–H groups in total. The van der Waals surface area contributed by atoms with Gasteiger partial charge in [0, 0.05) is 46.8 Å². The Bertz CT molecular complexity index is 749. The van der Waals surface area contributed by atoms with Crippen molar-refractivity contribution in [2.24, 2.45) is 0 Å². The average molecular weight is 441 g/mol. The summed E-state index contributed by atoms with van der Waals surface area (Å²) in [5, 5.41) is 5.33. The van der Waals surface area contributed by atoms with Gasteiger partial charge in [0.2, 0.25) is 15.6 Å². The van der Waals surface area contributed by atoms with Crippen LogP contribution >= 0.6 is 22.6 Å². The Morgan fingerprint density at radius 3 is 2.79 bits per heavy atom. The maximum Gasteiger partial charge on any atom is 0.255 e. The molecule has 2 aliphatic heterocycles. The molecule has 1 fully saturated rings. The highest BCUT2D eigenvalue weighted by atomic mass is 127. The highest BCUT2D eigenvalue weighted by Crippen LogP contribution is 2.29. The molecule has 0 aromatic heterocycles. The van der Waals surface area contributed by atoms with E-state index in [0.29, 0.717) is 24.2 Å². The smallest absolute Gasteiger partial charge is 0.255 e. The van der Waals surface area contributed by atoms with Gasteiger partial charge < -0.3 is 10.2 Å². The van der Waals surface area contributed by atoms with E-state index in [0.717, 1.165) is 5.56 Å². The number of fused-ring (bicyclic) bond motifs is 1. The van der Waals surface area contributed by atoms with E-state index in [1.54, 1.807) is 35.6 Å². The van der Waals surface area contributed by atoms with E-state index in [1.807, 2.05) is 12.1 Å². The van der Waals surface area contributed by atoms with E-state index in [-0.39, 0.29) is 28.1 Å². The fourth-order valence-electron chi connectivity index (χ4n) is 2.95. The van der Waals surface area contributed by atoms with Gasteiger partial charge in [-0.15, -0.1) is 0 Å². The topological polar surface area (TPSA) is 95.6 Å². The number of amides is 3. The van der Waals surface area contributed by atoms with Crippen LogP contribution in [0.2, 0.25) is 0 Å². The molecule has 2 atom stereocenters. The van der Waals surface area contributed by atoms with Crippen LogP contribution in [0, 0.1) is 0 Å². The minimum absolute atomic E-state index is 0.0235. The molecule has 2 unspecified atom stereocenters. The molecule has 3 amide bonds. The summed E-state index contributed by atoms with van der Waals surface area (Å²) in [7, 11) is 0. The number of nitrogens with one attached hydrogen (secondary N) is 2. The van der Waals surface area contributed by atoms with Gasteiger partial charge in [0.15, 0.2) is 0 Å². The predicted octanol–water partition coefficient (Wildman–Crippen LogP) is 1.21. The summed E-state index contributed by atoms with van der Waals surface area (Å²) in [5.41, 5.74) is 2.05. The van der Waals surface area contributed by atoms with Gasteiger partial charge >= 0.3 is 0 Å². The van der Waals surface area contributed by atoms with Crippen LogP contribution in [0.25, 0.3) is 0 Å². The zero-order chi connectivity index (χ0) is 17.4. The van der Waals surface area contributed by atoms with Gasteiger partial charge in [-0.3, -0.25) is 24.5 Å². The van der Waals surface area contributed by atoms with Crippen LogP contribution < -0.4 is 10.6 Å². The second kappa shape index (κ2) is 6.50. The first kappa shape index (κ1) is 16.9. The van der Waals surface area contributed by atoms with Crippen LogP contribution in [0.5, 0.6) is 0 Å². The number of hydrogen-bond donors (Lipinski definition) is 2. The summed E-state index contributed by atoms with van der Waals surface area (Å²) >= 11 is 1.72. The third-order valence-corrected chi connectivity index (χ3v) is 5.19. The Morgan fingerprint density at radius 2 is 2.12 bits per heavy atom. The fourth-order valence-corrected chi connectivity index (χ4v) is 3.11. The highest BCUT2D eigenvalue weighted by molar-refractivity contribution is 14.1. The first-order valence-electron chi connectivity index (χ1n) is 7.60. The maximum atomic E-state index is 12.7. The average Bonchev–Trinajstić information content (AvgIpc) is 2.84. The monoisotopic (exact) mass is 441 g/mol. The number of hydrogen-bond acceptors (Lipinski definition) is 5. The van der Waals surface area contributed by atoms with Gasteiger partial charge in [-0.05, 0) is 31.0 Å². The summed E-state index contributed by atoms with van der Waals surface area (Å²) in [6.45, 7) is 2.10. The van der Waals surface area contributed by atoms with Crippen molar-refractivity contribution in [2.45, 2.75) is 38.4 Å². The minimum Gasteiger partial charge on any atom is -0.375 e. The van der Waals surface area contributed by atoms with Gasteiger partial charge in [-0.1, -0.05) is 6.07 Å². The summed E-state index contributed by atoms with van der Waals surface area (Å²) in [6, 6.07) is 4.38. The number of anilines is 1. The first-order valence-corrected chi connectivity index (χ1v) is 8.68. The molecule has 126 valence electrons. The number of piperidine rings is 1. The second-order valence-electron chi connectivity index (χ2n) is 5.94. The number of nitrogens with zero attached hydrogens (tertiary/aromatic N) is 1. The van der Waals surface area contributed by atoms with Crippen LogP contribution in [0.3, 0.4) is 0 Å². The number of carbonyl (C=O) groups is 4. The van der Waals surface area contributed by atoms with Crippen molar-refractivity contribution < 1.29 is 19.2 Å². The molecule has 1 aromatic rings. The molecule has 2 heterocycles. The minimum atomic E-state index is -0.617. The normalized spacial score (nSPS) is 21.3. The Morgan fingerprint density at radius 1 is 1.38 bits per heavy atom. The summed E-state index contributed by atoms with van der Waals surface area (Å²) < 4.78 is -0.0235. The van der Waals surface area contributed by atoms with E-state index in [4.69, 9.17) is 0 Å². The lowest BCUT2D eigenvalue weighted by Gasteiger charge is -2.29. The molecule has 0 spiro atoms. The molecule has 3 rings (SSSR count). The van der Waals surface area contributed by atoms with E-state index in [2.05, 4.69) is 10.6 Å². The number of rotatable bonds is 4. The molecule has 1 saturated heterocycles. The number of imide groups is 1. The Hall–Kier alpha value is -1.97. The van der Waals surface area contributed by atoms with Gasteiger partial charge in [-0.25, -0.2) is 0 Å². The molecule has 7 nitrogen and oxygen atoms in total.